The maximum absolute atomic E-state index is 12.0. The summed E-state index contributed by atoms with van der Waals surface area (Å²) in [5, 5.41) is 0. The Bertz CT molecular complexity index is 170. The smallest absolute Gasteiger partial charge is 0.287 e. The van der Waals surface area contributed by atoms with Gasteiger partial charge in [-0.2, -0.15) is 0 Å². The van der Waals surface area contributed by atoms with E-state index >= 15 is 0 Å². The number of hydrogen-bond acceptors (Lipinski definition) is 3. The zero-order valence-corrected chi connectivity index (χ0v) is 5.67. The summed E-state index contributed by atoms with van der Waals surface area (Å²) >= 11 is 0. The number of halogens is 1. The van der Waals surface area contributed by atoms with Gasteiger partial charge in [0, 0.05) is 0 Å². The summed E-state index contributed by atoms with van der Waals surface area (Å²) in [6.45, 7) is 1.19. The lowest BCUT2D eigenvalue weighted by atomic mass is 10.3. The van der Waals surface area contributed by atoms with Crippen molar-refractivity contribution >= 4 is 6.02 Å². The zero-order valence-electron chi connectivity index (χ0n) is 5.67. The van der Waals surface area contributed by atoms with E-state index in [1.165, 1.54) is 0 Å². The lowest BCUT2D eigenvalue weighted by Crippen LogP contribution is -2.23. The van der Waals surface area contributed by atoms with E-state index in [2.05, 4.69) is 4.99 Å². The van der Waals surface area contributed by atoms with Crippen molar-refractivity contribution in [2.75, 3.05) is 6.67 Å². The fourth-order valence-electron chi connectivity index (χ4n) is 0.776. The predicted octanol–water partition coefficient (Wildman–Crippen LogP) is 0.573. The zero-order chi connectivity index (χ0) is 7.56. The Morgan fingerprint density at radius 1 is 1.90 bits per heavy atom. The van der Waals surface area contributed by atoms with Crippen LogP contribution in [0.2, 0.25) is 0 Å². The number of alkyl halides is 1. The number of hydrogen-bond donors (Lipinski definition) is 1. The largest absolute Gasteiger partial charge is 0.431 e. The lowest BCUT2D eigenvalue weighted by molar-refractivity contribution is 0.370. The molecule has 0 aromatic heterocycles. The van der Waals surface area contributed by atoms with Crippen molar-refractivity contribution in [1.82, 2.24) is 0 Å². The molecule has 1 aliphatic rings. The van der Waals surface area contributed by atoms with Crippen LogP contribution in [0.5, 0.6) is 0 Å². The summed E-state index contributed by atoms with van der Waals surface area (Å²) in [4.78, 5) is 3.67. The third kappa shape index (κ3) is 1.46. The first-order valence-corrected chi connectivity index (χ1v) is 2.98. The van der Waals surface area contributed by atoms with Gasteiger partial charge in [-0.25, -0.2) is 9.38 Å². The standard InChI is InChI=1S/C6H9FN2O/c1-4-2-5(3-7)9-6(8)10-4/h2,5H,3H2,1H3,(H2,8,9)/t5-/m1/s1. The number of nitrogens with two attached hydrogens (primary N) is 1. The number of amidine groups is 1. The van der Waals surface area contributed by atoms with Crippen molar-refractivity contribution in [3.05, 3.63) is 11.8 Å². The summed E-state index contributed by atoms with van der Waals surface area (Å²) in [5.41, 5.74) is 5.21. The summed E-state index contributed by atoms with van der Waals surface area (Å²) in [5.74, 6) is 0.607. The van der Waals surface area contributed by atoms with Gasteiger partial charge >= 0.3 is 0 Å². The highest BCUT2D eigenvalue weighted by Crippen LogP contribution is 2.08. The number of nitrogens with zero attached hydrogens (tertiary/aromatic N) is 1. The monoisotopic (exact) mass is 144 g/mol. The van der Waals surface area contributed by atoms with E-state index in [0.29, 0.717) is 5.76 Å². The third-order valence-electron chi connectivity index (χ3n) is 1.14. The molecule has 1 rings (SSSR count). The highest BCUT2D eigenvalue weighted by molar-refractivity contribution is 5.73. The van der Waals surface area contributed by atoms with Crippen LogP contribution in [0.1, 0.15) is 6.92 Å². The molecule has 0 saturated heterocycles. The fraction of sp³-hybridized carbons (Fsp3) is 0.500. The Balaban J connectivity index is 2.67. The van der Waals surface area contributed by atoms with Gasteiger partial charge in [0.25, 0.3) is 6.02 Å². The maximum atomic E-state index is 12.0. The molecule has 0 fully saturated rings. The second kappa shape index (κ2) is 2.68. The van der Waals surface area contributed by atoms with Gasteiger partial charge in [0.1, 0.15) is 18.5 Å². The summed E-state index contributed by atoms with van der Waals surface area (Å²) in [6.07, 6.45) is 1.59. The van der Waals surface area contributed by atoms with Crippen molar-refractivity contribution in [3.63, 3.8) is 0 Å². The molecule has 56 valence electrons. The molecule has 4 heteroatoms. The quantitative estimate of drug-likeness (QED) is 0.585. The van der Waals surface area contributed by atoms with Gasteiger partial charge in [0.15, 0.2) is 0 Å². The van der Waals surface area contributed by atoms with Crippen LogP contribution in [0.4, 0.5) is 4.39 Å². The van der Waals surface area contributed by atoms with Crippen LogP contribution in [0.25, 0.3) is 0 Å². The molecular weight excluding hydrogens is 135 g/mol. The number of ether oxygens (including phenoxy) is 1. The first-order chi connectivity index (χ1) is 4.72. The average molecular weight is 144 g/mol. The van der Waals surface area contributed by atoms with Crippen LogP contribution < -0.4 is 5.73 Å². The normalized spacial score (nSPS) is 24.8. The van der Waals surface area contributed by atoms with Gasteiger partial charge in [0.05, 0.1) is 0 Å². The minimum absolute atomic E-state index is 0.0441. The van der Waals surface area contributed by atoms with Gasteiger partial charge in [-0.3, -0.25) is 0 Å². The van der Waals surface area contributed by atoms with Crippen molar-refractivity contribution in [2.45, 2.75) is 13.0 Å². The third-order valence-corrected chi connectivity index (χ3v) is 1.14. The molecule has 1 atom stereocenters. The van der Waals surface area contributed by atoms with Gasteiger partial charge in [0.2, 0.25) is 0 Å². The molecule has 0 aromatic carbocycles. The Morgan fingerprint density at radius 2 is 2.60 bits per heavy atom. The van der Waals surface area contributed by atoms with Crippen molar-refractivity contribution in [1.29, 1.82) is 0 Å². The molecule has 0 aromatic rings. The lowest BCUT2D eigenvalue weighted by Gasteiger charge is -2.13. The molecule has 0 unspecified atom stereocenters. The van der Waals surface area contributed by atoms with E-state index in [9.17, 15) is 4.39 Å². The molecule has 0 amide bonds. The van der Waals surface area contributed by atoms with Gasteiger partial charge in [-0.1, -0.05) is 0 Å². The second-order valence-electron chi connectivity index (χ2n) is 2.07. The van der Waals surface area contributed by atoms with Crippen LogP contribution >= 0.6 is 0 Å². The Labute approximate surface area is 58.4 Å². The molecule has 2 N–H and O–H groups in total. The van der Waals surface area contributed by atoms with Crippen LogP contribution in [0.3, 0.4) is 0 Å². The first-order valence-electron chi connectivity index (χ1n) is 2.98. The minimum atomic E-state index is -0.526. The van der Waals surface area contributed by atoms with Crippen molar-refractivity contribution < 1.29 is 9.13 Å². The predicted molar refractivity (Wildman–Crippen MR) is 36.2 cm³/mol. The van der Waals surface area contributed by atoms with E-state index in [1.54, 1.807) is 13.0 Å². The molecule has 10 heavy (non-hydrogen) atoms. The SMILES string of the molecule is CC1=C[C@H](CF)N=C(N)O1. The van der Waals surface area contributed by atoms with Gasteiger partial charge < -0.3 is 10.5 Å². The summed E-state index contributed by atoms with van der Waals surface area (Å²) in [6, 6.07) is -0.406. The first kappa shape index (κ1) is 7.05. The molecule has 0 radical (unpaired) electrons. The van der Waals surface area contributed by atoms with E-state index in [1.807, 2.05) is 0 Å². The number of rotatable bonds is 1. The Hall–Kier alpha value is -1.06. The molecule has 1 heterocycles. The van der Waals surface area contributed by atoms with E-state index in [-0.39, 0.29) is 6.02 Å². The van der Waals surface area contributed by atoms with Crippen LogP contribution in [-0.2, 0) is 4.74 Å². The van der Waals surface area contributed by atoms with Crippen LogP contribution in [-0.4, -0.2) is 18.7 Å². The number of allylic oxidation sites excluding steroid dienone is 1. The Morgan fingerprint density at radius 3 is 3.10 bits per heavy atom. The molecular formula is C6H9FN2O. The minimum Gasteiger partial charge on any atom is -0.431 e. The topological polar surface area (TPSA) is 47.6 Å². The van der Waals surface area contributed by atoms with Gasteiger partial charge in [-0.05, 0) is 13.0 Å². The second-order valence-corrected chi connectivity index (χ2v) is 2.07. The molecule has 0 spiro atoms. The molecule has 0 aliphatic carbocycles. The highest BCUT2D eigenvalue weighted by atomic mass is 19.1. The average Bonchev–Trinajstić information content (AvgIpc) is 1.85. The van der Waals surface area contributed by atoms with E-state index < -0.39 is 12.7 Å². The Kier molecular flexibility index (Phi) is 1.89. The molecule has 3 nitrogen and oxygen atoms in total. The van der Waals surface area contributed by atoms with Crippen molar-refractivity contribution in [2.24, 2.45) is 10.7 Å². The molecule has 1 aliphatic heterocycles. The van der Waals surface area contributed by atoms with Crippen LogP contribution in [0, 0.1) is 0 Å². The van der Waals surface area contributed by atoms with Crippen LogP contribution in [0.15, 0.2) is 16.8 Å². The summed E-state index contributed by atoms with van der Waals surface area (Å²) < 4.78 is 16.8. The fourth-order valence-corrected chi connectivity index (χ4v) is 0.776. The highest BCUT2D eigenvalue weighted by Gasteiger charge is 2.11. The number of aliphatic imine (C=N–C) groups is 1. The van der Waals surface area contributed by atoms with E-state index in [0.717, 1.165) is 0 Å². The molecule has 0 bridgehead atoms. The van der Waals surface area contributed by atoms with E-state index in [4.69, 9.17) is 10.5 Å². The van der Waals surface area contributed by atoms with Crippen molar-refractivity contribution in [3.8, 4) is 0 Å². The maximum Gasteiger partial charge on any atom is 0.287 e. The molecule has 0 saturated carbocycles. The summed E-state index contributed by atoms with van der Waals surface area (Å²) in [7, 11) is 0. The van der Waals surface area contributed by atoms with Gasteiger partial charge in [-0.15, -0.1) is 0 Å².